The van der Waals surface area contributed by atoms with Crippen molar-refractivity contribution < 1.29 is 0 Å². The van der Waals surface area contributed by atoms with Crippen molar-refractivity contribution in [2.24, 2.45) is 11.8 Å². The molecule has 0 bridgehead atoms. The number of thiophene rings is 1. The summed E-state index contributed by atoms with van der Waals surface area (Å²) in [4.78, 5) is 11.9. The fourth-order valence-corrected chi connectivity index (χ4v) is 5.23. The predicted molar refractivity (Wildman–Crippen MR) is 105 cm³/mol. The smallest absolute Gasteiger partial charge is 0.225 e. The topological polar surface area (TPSA) is 81.8 Å². The molecule has 7 nitrogen and oxygen atoms in total. The minimum Gasteiger partial charge on any atom is -0.351 e. The minimum absolute atomic E-state index is 0.468. The second-order valence-corrected chi connectivity index (χ2v) is 8.56. The Kier molecular flexibility index (Phi) is 3.82. The van der Waals surface area contributed by atoms with Crippen molar-refractivity contribution in [2.75, 3.05) is 30.8 Å². The first-order chi connectivity index (χ1) is 12.6. The molecule has 1 aliphatic carbocycles. The van der Waals surface area contributed by atoms with Crippen LogP contribution in [0.4, 0.5) is 17.6 Å². The third kappa shape index (κ3) is 2.93. The maximum Gasteiger partial charge on any atom is 0.225 e. The summed E-state index contributed by atoms with van der Waals surface area (Å²) in [6.07, 6.45) is 2.42. The van der Waals surface area contributed by atoms with E-state index in [-0.39, 0.29) is 0 Å². The van der Waals surface area contributed by atoms with Crippen LogP contribution in [0.1, 0.15) is 18.5 Å². The number of anilines is 3. The van der Waals surface area contributed by atoms with Gasteiger partial charge in [-0.05, 0) is 50.1 Å². The maximum atomic E-state index is 4.76. The zero-order valence-electron chi connectivity index (χ0n) is 15.0. The number of fused-ring (bicyclic) bond motifs is 2. The summed E-state index contributed by atoms with van der Waals surface area (Å²) in [7, 11) is 2.23. The quantitative estimate of drug-likeness (QED) is 0.655. The molecule has 5 rings (SSSR count). The molecule has 1 saturated heterocycles. The van der Waals surface area contributed by atoms with Gasteiger partial charge in [-0.2, -0.15) is 10.1 Å². The normalized spacial score (nSPS) is 25.7. The zero-order valence-corrected chi connectivity index (χ0v) is 15.8. The molecule has 0 amide bonds. The van der Waals surface area contributed by atoms with Gasteiger partial charge >= 0.3 is 0 Å². The Labute approximate surface area is 156 Å². The first-order valence-electron chi connectivity index (χ1n) is 9.13. The average Bonchev–Trinajstić information content (AvgIpc) is 3.32. The molecule has 3 aromatic rings. The summed E-state index contributed by atoms with van der Waals surface area (Å²) in [6.45, 7) is 4.43. The van der Waals surface area contributed by atoms with E-state index in [0.29, 0.717) is 12.0 Å². The maximum absolute atomic E-state index is 4.76. The second-order valence-electron chi connectivity index (χ2n) is 7.65. The van der Waals surface area contributed by atoms with Crippen LogP contribution in [0, 0.1) is 18.8 Å². The van der Waals surface area contributed by atoms with Gasteiger partial charge in [0.25, 0.3) is 0 Å². The molecule has 1 aliphatic heterocycles. The summed E-state index contributed by atoms with van der Waals surface area (Å²) in [5.41, 5.74) is 1.99. The van der Waals surface area contributed by atoms with Crippen molar-refractivity contribution in [2.45, 2.75) is 25.8 Å². The molecule has 3 atom stereocenters. The van der Waals surface area contributed by atoms with E-state index in [4.69, 9.17) is 9.97 Å². The predicted octanol–water partition coefficient (Wildman–Crippen LogP) is 3.22. The molecule has 0 radical (unpaired) electrons. The summed E-state index contributed by atoms with van der Waals surface area (Å²) in [5.74, 6) is 3.93. The van der Waals surface area contributed by atoms with Crippen LogP contribution in [0.5, 0.6) is 0 Å². The molecule has 3 N–H and O–H groups in total. The fourth-order valence-electron chi connectivity index (χ4n) is 4.45. The van der Waals surface area contributed by atoms with Crippen LogP contribution in [0.2, 0.25) is 0 Å². The number of H-pyrrole nitrogens is 1. The van der Waals surface area contributed by atoms with E-state index >= 15 is 0 Å². The minimum atomic E-state index is 0.468. The third-order valence-electron chi connectivity index (χ3n) is 5.52. The lowest BCUT2D eigenvalue weighted by atomic mass is 10.0. The molecule has 1 unspecified atom stereocenters. The standard InChI is InChI=1S/C18H23N7S/c1-10-5-15(24-23-10)21-17-16-14(3-4-26-16)20-18(22-17)19-13-6-11-8-25(2)9-12(11)7-13/h3-5,11-13H,6-9H2,1-2H3,(H3,19,20,21,22,23,24)/t11-,12+,13?. The SMILES string of the molecule is Cc1cc(Nc2nc(NC3C[C@@H]4CN(C)C[C@@H]4C3)nc3ccsc23)n[nH]1. The van der Waals surface area contributed by atoms with E-state index in [1.807, 2.05) is 19.1 Å². The zero-order chi connectivity index (χ0) is 17.7. The van der Waals surface area contributed by atoms with Gasteiger partial charge in [-0.3, -0.25) is 5.10 Å². The van der Waals surface area contributed by atoms with Crippen LogP contribution >= 0.6 is 11.3 Å². The van der Waals surface area contributed by atoms with Crippen LogP contribution in [0.15, 0.2) is 17.5 Å². The Balaban J connectivity index is 1.38. The second kappa shape index (κ2) is 6.21. The summed E-state index contributed by atoms with van der Waals surface area (Å²) in [5, 5.41) is 16.2. The number of aryl methyl sites for hydroxylation is 1. The molecule has 2 aliphatic rings. The van der Waals surface area contributed by atoms with Gasteiger partial charge in [-0.1, -0.05) is 0 Å². The van der Waals surface area contributed by atoms with Gasteiger partial charge in [-0.25, -0.2) is 4.98 Å². The fraction of sp³-hybridized carbons (Fsp3) is 0.500. The molecule has 1 saturated carbocycles. The van der Waals surface area contributed by atoms with Gasteiger partial charge in [0.1, 0.15) is 0 Å². The largest absolute Gasteiger partial charge is 0.351 e. The van der Waals surface area contributed by atoms with E-state index < -0.39 is 0 Å². The molecular formula is C18H23N7S. The van der Waals surface area contributed by atoms with E-state index in [2.05, 4.69) is 38.2 Å². The monoisotopic (exact) mass is 369 g/mol. The van der Waals surface area contributed by atoms with E-state index in [0.717, 1.165) is 39.4 Å². The van der Waals surface area contributed by atoms with Crippen LogP contribution in [0.25, 0.3) is 10.2 Å². The van der Waals surface area contributed by atoms with Gasteiger partial charge in [0.15, 0.2) is 11.6 Å². The molecule has 8 heteroatoms. The van der Waals surface area contributed by atoms with Crippen LogP contribution < -0.4 is 10.6 Å². The molecular weight excluding hydrogens is 346 g/mol. The van der Waals surface area contributed by atoms with E-state index in [9.17, 15) is 0 Å². The molecule has 4 heterocycles. The summed E-state index contributed by atoms with van der Waals surface area (Å²) < 4.78 is 1.06. The third-order valence-corrected chi connectivity index (χ3v) is 6.43. The van der Waals surface area contributed by atoms with Crippen molar-refractivity contribution >= 4 is 39.1 Å². The number of nitrogens with zero attached hydrogens (tertiary/aromatic N) is 4. The lowest BCUT2D eigenvalue weighted by molar-refractivity contribution is 0.374. The molecule has 2 fully saturated rings. The van der Waals surface area contributed by atoms with Crippen LogP contribution in [-0.2, 0) is 0 Å². The van der Waals surface area contributed by atoms with Crippen LogP contribution in [0.3, 0.4) is 0 Å². The molecule has 0 aromatic carbocycles. The number of rotatable bonds is 4. The lowest BCUT2D eigenvalue weighted by Crippen LogP contribution is -2.23. The number of aromatic nitrogens is 4. The van der Waals surface area contributed by atoms with Gasteiger partial charge < -0.3 is 15.5 Å². The van der Waals surface area contributed by atoms with Crippen molar-refractivity contribution in [3.05, 3.63) is 23.2 Å². The van der Waals surface area contributed by atoms with E-state index in [1.54, 1.807) is 11.3 Å². The highest BCUT2D eigenvalue weighted by molar-refractivity contribution is 7.17. The summed E-state index contributed by atoms with van der Waals surface area (Å²) >= 11 is 1.65. The van der Waals surface area contributed by atoms with Gasteiger partial charge in [0.2, 0.25) is 5.95 Å². The number of hydrogen-bond acceptors (Lipinski definition) is 7. The number of nitrogens with one attached hydrogen (secondary N) is 3. The Bertz CT molecular complexity index is 919. The highest BCUT2D eigenvalue weighted by atomic mass is 32.1. The lowest BCUT2D eigenvalue weighted by Gasteiger charge is -2.16. The Morgan fingerprint density at radius 1 is 1.23 bits per heavy atom. The van der Waals surface area contributed by atoms with Crippen molar-refractivity contribution in [1.82, 2.24) is 25.1 Å². The number of likely N-dealkylation sites (tertiary alicyclic amines) is 1. The van der Waals surface area contributed by atoms with Gasteiger partial charge in [0.05, 0.1) is 10.2 Å². The molecule has 0 spiro atoms. The molecule has 3 aromatic heterocycles. The van der Waals surface area contributed by atoms with Crippen molar-refractivity contribution in [3.63, 3.8) is 0 Å². The molecule has 26 heavy (non-hydrogen) atoms. The van der Waals surface area contributed by atoms with E-state index in [1.165, 1.54) is 25.9 Å². The summed E-state index contributed by atoms with van der Waals surface area (Å²) in [6, 6.07) is 4.49. The number of hydrogen-bond donors (Lipinski definition) is 3. The Morgan fingerprint density at radius 2 is 2.04 bits per heavy atom. The first kappa shape index (κ1) is 16.0. The Hall–Kier alpha value is -2.19. The molecule has 136 valence electrons. The Morgan fingerprint density at radius 3 is 2.77 bits per heavy atom. The van der Waals surface area contributed by atoms with Crippen molar-refractivity contribution in [3.8, 4) is 0 Å². The highest BCUT2D eigenvalue weighted by Gasteiger charge is 2.39. The highest BCUT2D eigenvalue weighted by Crippen LogP contribution is 2.39. The van der Waals surface area contributed by atoms with Gasteiger partial charge in [-0.15, -0.1) is 11.3 Å². The average molecular weight is 369 g/mol. The van der Waals surface area contributed by atoms with Gasteiger partial charge in [0, 0.05) is 30.9 Å². The van der Waals surface area contributed by atoms with Crippen molar-refractivity contribution in [1.29, 1.82) is 0 Å². The van der Waals surface area contributed by atoms with Crippen LogP contribution in [-0.4, -0.2) is 51.2 Å². The first-order valence-corrected chi connectivity index (χ1v) is 10.0. The number of aromatic amines is 1.